The molecule has 0 saturated carbocycles. The van der Waals surface area contributed by atoms with Crippen molar-refractivity contribution < 1.29 is 31.5 Å². The zero-order valence-corrected chi connectivity index (χ0v) is 15.0. The van der Waals surface area contributed by atoms with Gasteiger partial charge in [0.1, 0.15) is 6.04 Å². The summed E-state index contributed by atoms with van der Waals surface area (Å²) in [5.74, 6) is 0.421. The number of hydrogen-bond donors (Lipinski definition) is 1. The first-order valence-electron chi connectivity index (χ1n) is 8.40. The lowest BCUT2D eigenvalue weighted by atomic mass is 10.0. The summed E-state index contributed by atoms with van der Waals surface area (Å²) in [5, 5.41) is 6.87. The number of amides is 2. The molecular formula is C13H21N5O7S. The largest absolute Gasteiger partial charge is 0.439 e. The lowest BCUT2D eigenvalue weighted by Gasteiger charge is -2.34. The van der Waals surface area contributed by atoms with Crippen LogP contribution in [0.1, 0.15) is 12.8 Å². The lowest BCUT2D eigenvalue weighted by Crippen LogP contribution is -2.50. The quantitative estimate of drug-likeness (QED) is 0.593. The zero-order chi connectivity index (χ0) is 18.5. The lowest BCUT2D eigenvalue weighted by molar-refractivity contribution is -0.104. The van der Waals surface area contributed by atoms with Crippen LogP contribution in [0.15, 0.2) is 5.10 Å². The highest BCUT2D eigenvalue weighted by Gasteiger charge is 2.50. The van der Waals surface area contributed by atoms with E-state index in [1.54, 1.807) is 12.1 Å². The van der Waals surface area contributed by atoms with Crippen LogP contribution < -0.4 is 0 Å². The number of carbonyl (C=O) groups is 1. The van der Waals surface area contributed by atoms with E-state index in [4.69, 9.17) is 14.0 Å². The third kappa shape index (κ3) is 3.20. The van der Waals surface area contributed by atoms with Crippen LogP contribution in [-0.4, -0.2) is 103 Å². The van der Waals surface area contributed by atoms with Gasteiger partial charge in [0, 0.05) is 26.7 Å². The van der Waals surface area contributed by atoms with Gasteiger partial charge in [-0.05, 0) is 12.8 Å². The van der Waals surface area contributed by atoms with Crippen molar-refractivity contribution in [3.05, 3.63) is 0 Å². The smallest absolute Gasteiger partial charge is 0.418 e. The molecule has 26 heavy (non-hydrogen) atoms. The van der Waals surface area contributed by atoms with E-state index in [2.05, 4.69) is 14.3 Å². The fourth-order valence-corrected chi connectivity index (χ4v) is 4.14. The Morgan fingerprint density at radius 1 is 1.27 bits per heavy atom. The predicted octanol–water partition coefficient (Wildman–Crippen LogP) is -1.12. The van der Waals surface area contributed by atoms with Gasteiger partial charge in [-0.15, -0.1) is 9.39 Å². The van der Waals surface area contributed by atoms with Gasteiger partial charge >= 0.3 is 16.4 Å². The van der Waals surface area contributed by atoms with Gasteiger partial charge in [-0.3, -0.25) is 4.55 Å². The second-order valence-corrected chi connectivity index (χ2v) is 7.62. The Balaban J connectivity index is 1.46. The van der Waals surface area contributed by atoms with Gasteiger partial charge in [0.15, 0.2) is 0 Å². The summed E-state index contributed by atoms with van der Waals surface area (Å²) < 4.78 is 46.6. The molecule has 0 aromatic heterocycles. The van der Waals surface area contributed by atoms with Crippen LogP contribution in [0.3, 0.4) is 0 Å². The molecule has 0 aromatic carbocycles. The van der Waals surface area contributed by atoms with Gasteiger partial charge in [-0.1, -0.05) is 0 Å². The van der Waals surface area contributed by atoms with Crippen molar-refractivity contribution in [3.8, 4) is 0 Å². The highest BCUT2D eigenvalue weighted by molar-refractivity contribution is 7.80. The van der Waals surface area contributed by atoms with Crippen LogP contribution in [0.2, 0.25) is 0 Å². The number of hydrazone groups is 1. The van der Waals surface area contributed by atoms with E-state index < -0.39 is 28.5 Å². The molecule has 0 aromatic rings. The molecule has 0 radical (unpaired) electrons. The fourth-order valence-electron chi connectivity index (χ4n) is 3.76. The van der Waals surface area contributed by atoms with Crippen molar-refractivity contribution in [2.75, 3.05) is 39.9 Å². The molecule has 1 N–H and O–H groups in total. The van der Waals surface area contributed by atoms with E-state index in [1.807, 2.05) is 0 Å². The highest BCUT2D eigenvalue weighted by atomic mass is 32.3. The fraction of sp³-hybridized carbons (Fsp3) is 0.846. The van der Waals surface area contributed by atoms with Crippen molar-refractivity contribution in [2.24, 2.45) is 5.10 Å². The van der Waals surface area contributed by atoms with E-state index in [0.717, 1.165) is 13.1 Å². The van der Waals surface area contributed by atoms with Crippen LogP contribution in [-0.2, 0) is 24.2 Å². The molecular weight excluding hydrogens is 370 g/mol. The average Bonchev–Trinajstić information content (AvgIpc) is 3.09. The third-order valence-electron chi connectivity index (χ3n) is 4.94. The number of urea groups is 1. The maximum Gasteiger partial charge on any atom is 0.418 e. The van der Waals surface area contributed by atoms with E-state index in [9.17, 15) is 13.2 Å². The second-order valence-electron chi connectivity index (χ2n) is 6.61. The first-order valence-corrected chi connectivity index (χ1v) is 9.76. The van der Waals surface area contributed by atoms with Gasteiger partial charge in [0.05, 0.1) is 19.3 Å². The van der Waals surface area contributed by atoms with E-state index in [0.29, 0.717) is 37.0 Å². The molecule has 13 heteroatoms. The average molecular weight is 391 g/mol. The van der Waals surface area contributed by atoms with E-state index >= 15 is 0 Å². The molecule has 4 aliphatic heterocycles. The molecule has 2 bridgehead atoms. The summed E-state index contributed by atoms with van der Waals surface area (Å²) in [4.78, 5) is 16.1. The van der Waals surface area contributed by atoms with Gasteiger partial charge in [0.2, 0.25) is 12.2 Å². The van der Waals surface area contributed by atoms with Crippen molar-refractivity contribution >= 4 is 22.3 Å². The molecule has 0 aliphatic carbocycles. The number of ether oxygens (including phenoxy) is 2. The van der Waals surface area contributed by atoms with Gasteiger partial charge in [-0.25, -0.2) is 14.7 Å². The van der Waals surface area contributed by atoms with Gasteiger partial charge in [-0.2, -0.15) is 13.5 Å². The number of piperidine rings is 1. The number of hydrogen-bond acceptors (Lipinski definition) is 9. The van der Waals surface area contributed by atoms with Crippen molar-refractivity contribution in [2.45, 2.75) is 31.3 Å². The molecule has 3 saturated heterocycles. The highest BCUT2D eigenvalue weighted by Crippen LogP contribution is 2.33. The summed E-state index contributed by atoms with van der Waals surface area (Å²) in [6.07, 6.45) is 0.718. The molecule has 3 fully saturated rings. The first kappa shape index (κ1) is 17.7. The number of nitrogens with zero attached hydrogens (tertiary/aromatic N) is 5. The summed E-state index contributed by atoms with van der Waals surface area (Å²) >= 11 is 0. The summed E-state index contributed by atoms with van der Waals surface area (Å²) in [6, 6.07) is -1.46. The van der Waals surface area contributed by atoms with Gasteiger partial charge in [0.25, 0.3) is 0 Å². The number of fused-ring (bicyclic) bond motifs is 2. The Bertz CT molecular complexity index is 710. The predicted molar refractivity (Wildman–Crippen MR) is 85.8 cm³/mol. The standard InChI is InChI=1S/C13H21N5O7S/c1-15-13(16-4-6-23-7-5-16)24-11(14-15)10-3-2-9-8-17(10)12(19)18(9)25-26(20,21)22/h9-10,13H,2-8H2,1H3,(H,20,21,22)/t9-,10?,13?/m1/s1. The zero-order valence-electron chi connectivity index (χ0n) is 14.2. The minimum absolute atomic E-state index is 0.285. The van der Waals surface area contributed by atoms with Crippen molar-refractivity contribution in [1.82, 2.24) is 19.9 Å². The van der Waals surface area contributed by atoms with Crippen molar-refractivity contribution in [1.29, 1.82) is 0 Å². The van der Waals surface area contributed by atoms with Crippen LogP contribution in [0.25, 0.3) is 0 Å². The van der Waals surface area contributed by atoms with Crippen LogP contribution in [0.5, 0.6) is 0 Å². The number of rotatable bonds is 4. The second kappa shape index (κ2) is 6.49. The maximum absolute atomic E-state index is 12.5. The van der Waals surface area contributed by atoms with Gasteiger partial charge < -0.3 is 14.4 Å². The maximum atomic E-state index is 12.5. The molecule has 2 amide bonds. The Labute approximate surface area is 150 Å². The number of carbonyl (C=O) groups excluding carboxylic acids is 1. The number of hydroxylamine groups is 2. The Morgan fingerprint density at radius 3 is 2.69 bits per heavy atom. The third-order valence-corrected chi connectivity index (χ3v) is 5.29. The Morgan fingerprint density at radius 2 is 2.00 bits per heavy atom. The molecule has 146 valence electrons. The minimum atomic E-state index is -4.76. The molecule has 4 rings (SSSR count). The molecule has 0 spiro atoms. The molecule has 12 nitrogen and oxygen atoms in total. The molecule has 4 heterocycles. The summed E-state index contributed by atoms with van der Waals surface area (Å²) in [5.41, 5.74) is 0. The first-order chi connectivity index (χ1) is 12.3. The topological polar surface area (TPSA) is 124 Å². The van der Waals surface area contributed by atoms with Crippen molar-refractivity contribution in [3.63, 3.8) is 0 Å². The SMILES string of the molecule is CN1N=C(C2CC[C@@H]3CN2C(=O)N3OS(=O)(=O)O)OC1N1CCOCC1. The van der Waals surface area contributed by atoms with E-state index in [1.165, 1.54) is 4.90 Å². The Hall–Kier alpha value is -1.67. The minimum Gasteiger partial charge on any atom is -0.439 e. The Kier molecular flexibility index (Phi) is 4.43. The molecule has 4 aliphatic rings. The monoisotopic (exact) mass is 391 g/mol. The molecule has 3 atom stereocenters. The normalized spacial score (nSPS) is 32.8. The van der Waals surface area contributed by atoms with Crippen LogP contribution in [0, 0.1) is 0 Å². The molecule has 2 unspecified atom stereocenters. The summed E-state index contributed by atoms with van der Waals surface area (Å²) in [7, 11) is -2.95. The van der Waals surface area contributed by atoms with Crippen LogP contribution in [0.4, 0.5) is 4.79 Å². The van der Waals surface area contributed by atoms with E-state index in [-0.39, 0.29) is 12.9 Å². The van der Waals surface area contributed by atoms with Crippen LogP contribution >= 0.6 is 0 Å². The number of morpholine rings is 1. The summed E-state index contributed by atoms with van der Waals surface area (Å²) in [6.45, 7) is 2.99.